The van der Waals surface area contributed by atoms with Crippen molar-refractivity contribution in [3.05, 3.63) is 29.3 Å². The van der Waals surface area contributed by atoms with E-state index in [1.807, 2.05) is 11.0 Å². The maximum atomic E-state index is 11.7. The Hall–Kier alpha value is -1.75. The average Bonchev–Trinajstić information content (AvgIpc) is 2.87. The number of carbonyl (C=O) groups is 1. The number of phenolic OH excluding ortho intramolecular Hbond substituents is 1. The Balaban J connectivity index is 1.58. The van der Waals surface area contributed by atoms with E-state index in [4.69, 9.17) is 0 Å². The zero-order chi connectivity index (χ0) is 14.4. The van der Waals surface area contributed by atoms with Crippen molar-refractivity contribution in [2.24, 2.45) is 0 Å². The van der Waals surface area contributed by atoms with E-state index in [0.717, 1.165) is 39.0 Å². The largest absolute Gasteiger partial charge is 0.508 e. The number of rotatable bonds is 1. The number of amides is 2. The molecule has 1 aromatic carbocycles. The highest BCUT2D eigenvalue weighted by Gasteiger charge is 2.38. The summed E-state index contributed by atoms with van der Waals surface area (Å²) >= 11 is 0. The fraction of sp³-hybridized carbons (Fsp3) is 0.562. The van der Waals surface area contributed by atoms with Crippen LogP contribution in [0.3, 0.4) is 0 Å². The highest BCUT2D eigenvalue weighted by molar-refractivity contribution is 5.77. The van der Waals surface area contributed by atoms with Gasteiger partial charge in [-0.3, -0.25) is 4.90 Å². The van der Waals surface area contributed by atoms with E-state index in [1.54, 1.807) is 6.07 Å². The molecule has 2 atom stereocenters. The second-order valence-electron chi connectivity index (χ2n) is 6.32. The lowest BCUT2D eigenvalue weighted by Gasteiger charge is -2.42. The van der Waals surface area contributed by atoms with Crippen molar-refractivity contribution < 1.29 is 9.90 Å². The molecule has 4 rings (SSSR count). The van der Waals surface area contributed by atoms with Gasteiger partial charge in [0.25, 0.3) is 0 Å². The SMILES string of the molecule is O=C1NCC2CN(C3CCCc4ccc(O)cc43)CCN12. The summed E-state index contributed by atoms with van der Waals surface area (Å²) in [6, 6.07) is 6.56. The zero-order valence-corrected chi connectivity index (χ0v) is 12.1. The molecule has 112 valence electrons. The quantitative estimate of drug-likeness (QED) is 0.822. The minimum Gasteiger partial charge on any atom is -0.508 e. The molecule has 3 aliphatic rings. The summed E-state index contributed by atoms with van der Waals surface area (Å²) in [5.74, 6) is 0.358. The van der Waals surface area contributed by atoms with Crippen molar-refractivity contribution in [3.8, 4) is 5.75 Å². The molecule has 0 spiro atoms. The number of phenols is 1. The topological polar surface area (TPSA) is 55.8 Å². The molecule has 5 nitrogen and oxygen atoms in total. The number of hydrogen-bond donors (Lipinski definition) is 2. The summed E-state index contributed by atoms with van der Waals surface area (Å²) in [6.45, 7) is 3.41. The van der Waals surface area contributed by atoms with E-state index in [9.17, 15) is 9.90 Å². The number of aromatic hydroxyl groups is 1. The molecule has 5 heteroatoms. The van der Waals surface area contributed by atoms with Gasteiger partial charge in [0.15, 0.2) is 0 Å². The third-order valence-electron chi connectivity index (χ3n) is 5.12. The molecule has 2 aliphatic heterocycles. The molecule has 2 fully saturated rings. The molecular weight excluding hydrogens is 266 g/mol. The van der Waals surface area contributed by atoms with Crippen LogP contribution in [0, 0.1) is 0 Å². The Bertz CT molecular complexity index is 575. The lowest BCUT2D eigenvalue weighted by Crippen LogP contribution is -2.53. The molecule has 0 bridgehead atoms. The van der Waals surface area contributed by atoms with Gasteiger partial charge in [-0.25, -0.2) is 4.79 Å². The number of piperazine rings is 1. The summed E-state index contributed by atoms with van der Waals surface area (Å²) in [6.07, 6.45) is 3.45. The van der Waals surface area contributed by atoms with Crippen LogP contribution in [0.1, 0.15) is 30.0 Å². The average molecular weight is 287 g/mol. The number of nitrogens with one attached hydrogen (secondary N) is 1. The summed E-state index contributed by atoms with van der Waals surface area (Å²) in [7, 11) is 0. The van der Waals surface area contributed by atoms with Gasteiger partial charge >= 0.3 is 6.03 Å². The lowest BCUT2D eigenvalue weighted by atomic mass is 9.86. The van der Waals surface area contributed by atoms with E-state index >= 15 is 0 Å². The van der Waals surface area contributed by atoms with Crippen molar-refractivity contribution in [2.45, 2.75) is 31.3 Å². The molecule has 1 aliphatic carbocycles. The Morgan fingerprint density at radius 2 is 2.19 bits per heavy atom. The van der Waals surface area contributed by atoms with E-state index < -0.39 is 0 Å². The highest BCUT2D eigenvalue weighted by Crippen LogP contribution is 2.37. The Labute approximate surface area is 124 Å². The van der Waals surface area contributed by atoms with Crippen molar-refractivity contribution in [1.82, 2.24) is 15.1 Å². The van der Waals surface area contributed by atoms with Gasteiger partial charge in [0.05, 0.1) is 6.04 Å². The third-order valence-corrected chi connectivity index (χ3v) is 5.12. The van der Waals surface area contributed by atoms with Gasteiger partial charge in [-0.05, 0) is 42.5 Å². The molecule has 2 saturated heterocycles. The first-order valence-corrected chi connectivity index (χ1v) is 7.82. The van der Waals surface area contributed by atoms with Crippen LogP contribution in [0.15, 0.2) is 18.2 Å². The maximum Gasteiger partial charge on any atom is 0.317 e. The van der Waals surface area contributed by atoms with Gasteiger partial charge in [-0.2, -0.15) is 0 Å². The summed E-state index contributed by atoms with van der Waals surface area (Å²) in [5, 5.41) is 12.7. The second kappa shape index (κ2) is 4.91. The number of benzene rings is 1. The fourth-order valence-corrected chi connectivity index (χ4v) is 4.05. The van der Waals surface area contributed by atoms with Crippen LogP contribution in [0.4, 0.5) is 4.79 Å². The van der Waals surface area contributed by atoms with Crippen LogP contribution in [-0.2, 0) is 6.42 Å². The minimum absolute atomic E-state index is 0.0846. The van der Waals surface area contributed by atoms with Gasteiger partial charge in [-0.15, -0.1) is 0 Å². The van der Waals surface area contributed by atoms with Crippen LogP contribution in [0.5, 0.6) is 5.75 Å². The van der Waals surface area contributed by atoms with E-state index in [1.165, 1.54) is 17.5 Å². The first-order valence-electron chi connectivity index (χ1n) is 7.82. The third kappa shape index (κ3) is 2.16. The lowest BCUT2D eigenvalue weighted by molar-refractivity contribution is 0.0806. The Morgan fingerprint density at radius 1 is 1.29 bits per heavy atom. The van der Waals surface area contributed by atoms with Crippen LogP contribution in [0.2, 0.25) is 0 Å². The molecule has 2 amide bonds. The standard InChI is InChI=1S/C16H21N3O2/c20-13-5-4-11-2-1-3-15(14(11)8-13)18-6-7-19-12(10-18)9-17-16(19)21/h4-5,8,12,15,20H,1-3,6-7,9-10H2,(H,17,21). The number of fused-ring (bicyclic) bond motifs is 2. The van der Waals surface area contributed by atoms with E-state index in [0.29, 0.717) is 17.8 Å². The van der Waals surface area contributed by atoms with Crippen LogP contribution < -0.4 is 5.32 Å². The number of urea groups is 1. The van der Waals surface area contributed by atoms with Crippen molar-refractivity contribution in [2.75, 3.05) is 26.2 Å². The molecule has 0 aromatic heterocycles. The van der Waals surface area contributed by atoms with Crippen molar-refractivity contribution in [3.63, 3.8) is 0 Å². The smallest absolute Gasteiger partial charge is 0.317 e. The van der Waals surface area contributed by atoms with Crippen molar-refractivity contribution >= 4 is 6.03 Å². The summed E-state index contributed by atoms with van der Waals surface area (Å²) in [5.41, 5.74) is 2.65. The summed E-state index contributed by atoms with van der Waals surface area (Å²) in [4.78, 5) is 16.2. The normalized spacial score (nSPS) is 29.0. The van der Waals surface area contributed by atoms with Crippen LogP contribution >= 0.6 is 0 Å². The molecule has 2 N–H and O–H groups in total. The van der Waals surface area contributed by atoms with Crippen LogP contribution in [0.25, 0.3) is 0 Å². The van der Waals surface area contributed by atoms with E-state index in [-0.39, 0.29) is 6.03 Å². The minimum atomic E-state index is 0.0846. The molecule has 0 radical (unpaired) electrons. The Kier molecular flexibility index (Phi) is 3.03. The predicted molar refractivity (Wildman–Crippen MR) is 79.3 cm³/mol. The Morgan fingerprint density at radius 3 is 3.10 bits per heavy atom. The first-order chi connectivity index (χ1) is 10.2. The fourth-order valence-electron chi connectivity index (χ4n) is 4.05. The monoisotopic (exact) mass is 287 g/mol. The molecule has 2 unspecified atom stereocenters. The first kappa shape index (κ1) is 13.0. The number of carbonyl (C=O) groups excluding carboxylic acids is 1. The maximum absolute atomic E-state index is 11.7. The summed E-state index contributed by atoms with van der Waals surface area (Å²) < 4.78 is 0. The van der Waals surface area contributed by atoms with Gasteiger partial charge in [0.1, 0.15) is 5.75 Å². The molecule has 21 heavy (non-hydrogen) atoms. The number of aryl methyl sites for hydroxylation is 1. The number of nitrogens with zero attached hydrogens (tertiary/aromatic N) is 2. The van der Waals surface area contributed by atoms with Gasteiger partial charge in [0, 0.05) is 32.2 Å². The molecule has 2 heterocycles. The van der Waals surface area contributed by atoms with Gasteiger partial charge in [-0.1, -0.05) is 6.07 Å². The highest BCUT2D eigenvalue weighted by atomic mass is 16.3. The van der Waals surface area contributed by atoms with Crippen molar-refractivity contribution in [1.29, 1.82) is 0 Å². The predicted octanol–water partition coefficient (Wildman–Crippen LogP) is 1.48. The van der Waals surface area contributed by atoms with Crippen LogP contribution in [-0.4, -0.2) is 53.2 Å². The molecular formula is C16H21N3O2. The zero-order valence-electron chi connectivity index (χ0n) is 12.1. The van der Waals surface area contributed by atoms with E-state index in [2.05, 4.69) is 16.3 Å². The second-order valence-corrected chi connectivity index (χ2v) is 6.32. The van der Waals surface area contributed by atoms with Gasteiger partial charge < -0.3 is 15.3 Å². The van der Waals surface area contributed by atoms with Gasteiger partial charge in [0.2, 0.25) is 0 Å². The molecule has 0 saturated carbocycles. The number of hydrogen-bond acceptors (Lipinski definition) is 3. The molecule has 1 aromatic rings.